The largest absolute Gasteiger partial charge is 0.351 e. The van der Waals surface area contributed by atoms with E-state index in [4.69, 9.17) is 0 Å². The predicted molar refractivity (Wildman–Crippen MR) is 95.6 cm³/mol. The second-order valence-corrected chi connectivity index (χ2v) is 7.31. The highest BCUT2D eigenvalue weighted by molar-refractivity contribution is 8.00. The van der Waals surface area contributed by atoms with Crippen molar-refractivity contribution < 1.29 is 9.59 Å². The van der Waals surface area contributed by atoms with Crippen molar-refractivity contribution in [3.63, 3.8) is 0 Å². The zero-order valence-corrected chi connectivity index (χ0v) is 14.7. The maximum atomic E-state index is 12.4. The van der Waals surface area contributed by atoms with Crippen LogP contribution in [0.4, 0.5) is 5.69 Å². The maximum absolute atomic E-state index is 12.4. The van der Waals surface area contributed by atoms with E-state index in [9.17, 15) is 9.59 Å². The van der Waals surface area contributed by atoms with Crippen molar-refractivity contribution in [2.24, 2.45) is 5.41 Å². The molecule has 0 spiro atoms. The molecule has 3 N–H and O–H groups in total. The van der Waals surface area contributed by atoms with Gasteiger partial charge in [0.15, 0.2) is 0 Å². The molecule has 2 aliphatic rings. The van der Waals surface area contributed by atoms with Crippen molar-refractivity contribution >= 4 is 41.7 Å². The van der Waals surface area contributed by atoms with Crippen LogP contribution in [0.3, 0.4) is 0 Å². The highest BCUT2D eigenvalue weighted by Gasteiger charge is 2.27. The predicted octanol–water partition coefficient (Wildman–Crippen LogP) is 2.27. The van der Waals surface area contributed by atoms with Gasteiger partial charge in [-0.1, -0.05) is 6.92 Å². The molecular formula is C16H22ClN3O2S. The summed E-state index contributed by atoms with van der Waals surface area (Å²) in [5.41, 5.74) is 1.50. The second-order valence-electron chi connectivity index (χ2n) is 6.29. The Labute approximate surface area is 146 Å². The Kier molecular flexibility index (Phi) is 5.95. The standard InChI is InChI=1S/C16H21N3O2S.ClH/c1-16(4-6-17-7-5-16)10-18-15(21)11-2-3-13-12(8-11)19-14(20)9-22-13;/h2-3,8,17H,4-7,9-10H2,1H3,(H,18,21)(H,19,20);1H. The zero-order valence-electron chi connectivity index (χ0n) is 13.1. The highest BCUT2D eigenvalue weighted by Crippen LogP contribution is 2.32. The number of thioether (sulfide) groups is 1. The third-order valence-corrected chi connectivity index (χ3v) is 5.43. The van der Waals surface area contributed by atoms with E-state index in [-0.39, 0.29) is 29.6 Å². The molecule has 0 saturated carbocycles. The van der Waals surface area contributed by atoms with Crippen molar-refractivity contribution in [3.8, 4) is 0 Å². The van der Waals surface area contributed by atoms with E-state index in [1.807, 2.05) is 12.1 Å². The molecule has 1 saturated heterocycles. The molecule has 2 aliphatic heterocycles. The number of benzene rings is 1. The number of nitrogens with one attached hydrogen (secondary N) is 3. The number of halogens is 1. The Balaban J connectivity index is 0.00000192. The van der Waals surface area contributed by atoms with Gasteiger partial charge in [0.1, 0.15) is 0 Å². The maximum Gasteiger partial charge on any atom is 0.251 e. The number of anilines is 1. The van der Waals surface area contributed by atoms with E-state index in [0.717, 1.165) is 36.5 Å². The summed E-state index contributed by atoms with van der Waals surface area (Å²) in [4.78, 5) is 24.8. The van der Waals surface area contributed by atoms with Crippen LogP contribution in [-0.4, -0.2) is 37.2 Å². The fourth-order valence-electron chi connectivity index (χ4n) is 2.83. The Bertz CT molecular complexity index is 603. The fourth-order valence-corrected chi connectivity index (χ4v) is 3.62. The first-order chi connectivity index (χ1) is 10.6. The molecule has 126 valence electrons. The third-order valence-electron chi connectivity index (χ3n) is 4.36. The lowest BCUT2D eigenvalue weighted by molar-refractivity contribution is -0.113. The summed E-state index contributed by atoms with van der Waals surface area (Å²) in [5, 5.41) is 9.20. The molecule has 1 aromatic rings. The number of fused-ring (bicyclic) bond motifs is 1. The molecule has 7 heteroatoms. The van der Waals surface area contributed by atoms with Gasteiger partial charge in [-0.2, -0.15) is 0 Å². The van der Waals surface area contributed by atoms with Gasteiger partial charge in [0, 0.05) is 17.0 Å². The minimum absolute atomic E-state index is 0. The normalized spacial score (nSPS) is 19.1. The molecule has 0 bridgehead atoms. The van der Waals surface area contributed by atoms with Crippen molar-refractivity contribution in [1.82, 2.24) is 10.6 Å². The molecule has 0 unspecified atom stereocenters. The topological polar surface area (TPSA) is 70.2 Å². The van der Waals surface area contributed by atoms with Gasteiger partial charge in [-0.3, -0.25) is 9.59 Å². The zero-order chi connectivity index (χ0) is 15.6. The van der Waals surface area contributed by atoms with Crippen molar-refractivity contribution in [3.05, 3.63) is 23.8 Å². The SMILES string of the molecule is CC1(CNC(=O)c2ccc3c(c2)NC(=O)CS3)CCNCC1.Cl. The van der Waals surface area contributed by atoms with Gasteiger partial charge in [-0.05, 0) is 49.5 Å². The number of carbonyl (C=O) groups is 2. The van der Waals surface area contributed by atoms with Crippen LogP contribution in [-0.2, 0) is 4.79 Å². The van der Waals surface area contributed by atoms with Gasteiger partial charge in [0.2, 0.25) is 5.91 Å². The van der Waals surface area contributed by atoms with E-state index in [0.29, 0.717) is 17.9 Å². The smallest absolute Gasteiger partial charge is 0.251 e. The molecule has 0 atom stereocenters. The molecule has 0 aliphatic carbocycles. The number of hydrogen-bond acceptors (Lipinski definition) is 4. The molecule has 1 fully saturated rings. The number of amides is 2. The van der Waals surface area contributed by atoms with Crippen LogP contribution in [0.15, 0.2) is 23.1 Å². The van der Waals surface area contributed by atoms with Gasteiger partial charge < -0.3 is 16.0 Å². The van der Waals surface area contributed by atoms with Crippen molar-refractivity contribution in [2.45, 2.75) is 24.7 Å². The Hall–Kier alpha value is -1.24. The van der Waals surface area contributed by atoms with Crippen LogP contribution < -0.4 is 16.0 Å². The molecule has 1 aromatic carbocycles. The van der Waals surface area contributed by atoms with Crippen LogP contribution >= 0.6 is 24.2 Å². The Morgan fingerprint density at radius 3 is 2.83 bits per heavy atom. The summed E-state index contributed by atoms with van der Waals surface area (Å²) in [6, 6.07) is 5.49. The first kappa shape index (κ1) is 18.1. The number of piperidine rings is 1. The number of hydrogen-bond donors (Lipinski definition) is 3. The van der Waals surface area contributed by atoms with E-state index < -0.39 is 0 Å². The average molecular weight is 356 g/mol. The molecule has 23 heavy (non-hydrogen) atoms. The molecule has 2 heterocycles. The lowest BCUT2D eigenvalue weighted by atomic mass is 9.81. The van der Waals surface area contributed by atoms with Gasteiger partial charge in [0.25, 0.3) is 5.91 Å². The van der Waals surface area contributed by atoms with Crippen LogP contribution in [0.25, 0.3) is 0 Å². The van der Waals surface area contributed by atoms with E-state index in [2.05, 4.69) is 22.9 Å². The quantitative estimate of drug-likeness (QED) is 0.778. The first-order valence-corrected chi connectivity index (χ1v) is 8.60. The Morgan fingerprint density at radius 1 is 1.35 bits per heavy atom. The summed E-state index contributed by atoms with van der Waals surface area (Å²) in [6.07, 6.45) is 2.15. The highest BCUT2D eigenvalue weighted by atomic mass is 35.5. The van der Waals surface area contributed by atoms with Crippen molar-refractivity contribution in [2.75, 3.05) is 30.7 Å². The van der Waals surface area contributed by atoms with Gasteiger partial charge >= 0.3 is 0 Å². The second kappa shape index (κ2) is 7.55. The summed E-state index contributed by atoms with van der Waals surface area (Å²) < 4.78 is 0. The van der Waals surface area contributed by atoms with E-state index in [1.54, 1.807) is 6.07 Å². The number of rotatable bonds is 3. The molecule has 0 radical (unpaired) electrons. The third kappa shape index (κ3) is 4.40. The minimum atomic E-state index is -0.0765. The molecule has 0 aromatic heterocycles. The monoisotopic (exact) mass is 355 g/mol. The first-order valence-electron chi connectivity index (χ1n) is 7.61. The summed E-state index contributed by atoms with van der Waals surface area (Å²) in [7, 11) is 0. The molecule has 5 nitrogen and oxygen atoms in total. The van der Waals surface area contributed by atoms with Gasteiger partial charge in [-0.25, -0.2) is 0 Å². The molecule has 3 rings (SSSR count). The molecular weight excluding hydrogens is 334 g/mol. The summed E-state index contributed by atoms with van der Waals surface area (Å²) in [5.74, 6) is 0.343. The van der Waals surface area contributed by atoms with Gasteiger partial charge in [-0.15, -0.1) is 24.2 Å². The van der Waals surface area contributed by atoms with Crippen LogP contribution in [0.1, 0.15) is 30.1 Å². The average Bonchev–Trinajstić information content (AvgIpc) is 2.52. The fraction of sp³-hybridized carbons (Fsp3) is 0.500. The summed E-state index contributed by atoms with van der Waals surface area (Å²) in [6.45, 7) is 4.92. The summed E-state index contributed by atoms with van der Waals surface area (Å²) >= 11 is 1.50. The minimum Gasteiger partial charge on any atom is -0.351 e. The van der Waals surface area contributed by atoms with Crippen LogP contribution in [0.2, 0.25) is 0 Å². The molecule has 2 amide bonds. The van der Waals surface area contributed by atoms with Crippen LogP contribution in [0.5, 0.6) is 0 Å². The number of carbonyl (C=O) groups excluding carboxylic acids is 2. The van der Waals surface area contributed by atoms with E-state index >= 15 is 0 Å². The lowest BCUT2D eigenvalue weighted by Gasteiger charge is -2.34. The van der Waals surface area contributed by atoms with Gasteiger partial charge in [0.05, 0.1) is 11.4 Å². The van der Waals surface area contributed by atoms with Crippen molar-refractivity contribution in [1.29, 1.82) is 0 Å². The van der Waals surface area contributed by atoms with E-state index in [1.165, 1.54) is 11.8 Å². The van der Waals surface area contributed by atoms with Crippen LogP contribution in [0, 0.1) is 5.41 Å². The Morgan fingerprint density at radius 2 is 2.09 bits per heavy atom. The lowest BCUT2D eigenvalue weighted by Crippen LogP contribution is -2.42.